The van der Waals surface area contributed by atoms with Crippen molar-refractivity contribution in [2.45, 2.75) is 25.0 Å². The van der Waals surface area contributed by atoms with Crippen LogP contribution in [-0.2, 0) is 17.6 Å². The third-order valence-electron chi connectivity index (χ3n) is 6.13. The topological polar surface area (TPSA) is 73.8 Å². The largest absolute Gasteiger partial charge is 0.335 e. The number of rotatable bonds is 3. The fourth-order valence-electron chi connectivity index (χ4n) is 4.50. The second-order valence-electron chi connectivity index (χ2n) is 8.27. The summed E-state index contributed by atoms with van der Waals surface area (Å²) >= 11 is 0. The molecule has 7 heteroatoms. The minimum Gasteiger partial charge on any atom is -0.335 e. The van der Waals surface area contributed by atoms with Gasteiger partial charge in [0.1, 0.15) is 5.82 Å². The Morgan fingerprint density at radius 3 is 2.21 bits per heavy atom. The van der Waals surface area contributed by atoms with Crippen LogP contribution in [0.2, 0.25) is 0 Å². The molecule has 2 N–H and O–H groups in total. The number of nitrogens with one attached hydrogen (secondary N) is 2. The molecule has 2 aliphatic rings. The van der Waals surface area contributed by atoms with Gasteiger partial charge in [-0.05, 0) is 42.2 Å². The van der Waals surface area contributed by atoms with E-state index in [9.17, 15) is 14.0 Å². The van der Waals surface area contributed by atoms with Gasteiger partial charge >= 0.3 is 6.03 Å². The van der Waals surface area contributed by atoms with Crippen molar-refractivity contribution in [3.63, 3.8) is 0 Å². The minimum atomic E-state index is -1.19. The van der Waals surface area contributed by atoms with Crippen LogP contribution in [0.3, 0.4) is 0 Å². The number of para-hydroxylation sites is 1. The highest BCUT2D eigenvalue weighted by molar-refractivity contribution is 6.20. The average Bonchev–Trinajstić information content (AvgIpc) is 3.19. The van der Waals surface area contributed by atoms with Gasteiger partial charge in [0.15, 0.2) is 0 Å². The van der Waals surface area contributed by atoms with Gasteiger partial charge in [-0.1, -0.05) is 54.6 Å². The molecule has 0 aromatic heterocycles. The summed E-state index contributed by atoms with van der Waals surface area (Å²) in [6.45, 7) is 0. The smallest absolute Gasteiger partial charge is 0.317 e. The summed E-state index contributed by atoms with van der Waals surface area (Å²) < 4.78 is 14.7. The number of nitrogens with zero attached hydrogens (tertiary/aromatic N) is 2. The lowest BCUT2D eigenvalue weighted by atomic mass is 10.00. The van der Waals surface area contributed by atoms with E-state index in [0.29, 0.717) is 17.0 Å². The summed E-state index contributed by atoms with van der Waals surface area (Å²) in [6, 6.07) is 21.0. The number of hydrogen-bond acceptors (Lipinski definition) is 3. The molecule has 0 saturated carbocycles. The quantitative estimate of drug-likeness (QED) is 0.652. The highest BCUT2D eigenvalue weighted by Gasteiger charge is 2.32. The van der Waals surface area contributed by atoms with Crippen molar-refractivity contribution in [1.29, 1.82) is 0 Å². The molecule has 1 heterocycles. The molecule has 3 aromatic carbocycles. The first-order valence-corrected chi connectivity index (χ1v) is 10.8. The zero-order valence-corrected chi connectivity index (χ0v) is 18.1. The van der Waals surface area contributed by atoms with Crippen molar-refractivity contribution in [3.8, 4) is 0 Å². The van der Waals surface area contributed by atoms with E-state index in [4.69, 9.17) is 0 Å². The second kappa shape index (κ2) is 8.50. The number of benzodiazepines with no additional fused rings is 1. The van der Waals surface area contributed by atoms with Crippen LogP contribution in [0.15, 0.2) is 77.8 Å². The molecule has 3 aromatic rings. The molecule has 0 fully saturated rings. The number of likely N-dealkylation sites (N-methyl/N-ethyl adjacent to an activating group) is 1. The van der Waals surface area contributed by atoms with E-state index in [2.05, 4.69) is 27.8 Å². The average molecular weight is 442 g/mol. The Kier molecular flexibility index (Phi) is 5.38. The molecule has 6 nitrogen and oxygen atoms in total. The molecule has 1 aliphatic heterocycles. The van der Waals surface area contributed by atoms with E-state index < -0.39 is 23.9 Å². The van der Waals surface area contributed by atoms with Crippen LogP contribution < -0.4 is 15.5 Å². The van der Waals surface area contributed by atoms with Crippen LogP contribution in [-0.4, -0.2) is 36.9 Å². The third kappa shape index (κ3) is 3.98. The van der Waals surface area contributed by atoms with E-state index in [0.717, 1.165) is 12.8 Å². The molecule has 166 valence electrons. The first-order chi connectivity index (χ1) is 16.0. The zero-order chi connectivity index (χ0) is 22.9. The molecule has 1 unspecified atom stereocenters. The minimum absolute atomic E-state index is 0.0618. The SMILES string of the molecule is CN1C(=O)C(NC(=O)NC2Cc3ccccc3C2)N=C(c2ccccc2F)c2ccccc21. The Morgan fingerprint density at radius 1 is 0.909 bits per heavy atom. The van der Waals surface area contributed by atoms with Crippen LogP contribution in [0, 0.1) is 5.82 Å². The first kappa shape index (κ1) is 20.9. The Labute approximate surface area is 191 Å². The number of hydrogen-bond donors (Lipinski definition) is 2. The maximum atomic E-state index is 14.7. The molecule has 0 spiro atoms. The summed E-state index contributed by atoms with van der Waals surface area (Å²) in [6.07, 6.45) is 0.273. The normalized spacial score (nSPS) is 17.6. The van der Waals surface area contributed by atoms with Gasteiger partial charge in [-0.3, -0.25) is 4.79 Å². The van der Waals surface area contributed by atoms with E-state index in [1.807, 2.05) is 18.2 Å². The molecule has 5 rings (SSSR count). The molecule has 1 atom stereocenters. The summed E-state index contributed by atoms with van der Waals surface area (Å²) in [4.78, 5) is 32.0. The maximum absolute atomic E-state index is 14.7. The van der Waals surface area contributed by atoms with Gasteiger partial charge in [-0.25, -0.2) is 14.2 Å². The third-order valence-corrected chi connectivity index (χ3v) is 6.13. The van der Waals surface area contributed by atoms with E-state index >= 15 is 0 Å². The molecule has 0 bridgehead atoms. The summed E-state index contributed by atoms with van der Waals surface area (Å²) in [5.41, 5.74) is 4.23. The number of halogens is 1. The lowest BCUT2D eigenvalue weighted by Gasteiger charge is -2.21. The number of amides is 3. The van der Waals surface area contributed by atoms with Crippen molar-refractivity contribution < 1.29 is 14.0 Å². The Bertz CT molecular complexity index is 1250. The highest BCUT2D eigenvalue weighted by atomic mass is 19.1. The highest BCUT2D eigenvalue weighted by Crippen LogP contribution is 2.28. The van der Waals surface area contributed by atoms with E-state index in [-0.39, 0.29) is 11.6 Å². The van der Waals surface area contributed by atoms with Crippen molar-refractivity contribution in [2.24, 2.45) is 4.99 Å². The number of carbonyl (C=O) groups is 2. The van der Waals surface area contributed by atoms with Crippen LogP contribution in [0.25, 0.3) is 0 Å². The number of anilines is 1. The Balaban J connectivity index is 1.43. The van der Waals surface area contributed by atoms with E-state index in [1.54, 1.807) is 43.4 Å². The molecular weight excluding hydrogens is 419 g/mol. The number of fused-ring (bicyclic) bond motifs is 2. The van der Waals surface area contributed by atoms with Crippen molar-refractivity contribution in [1.82, 2.24) is 10.6 Å². The zero-order valence-electron chi connectivity index (χ0n) is 18.1. The Morgan fingerprint density at radius 2 is 1.52 bits per heavy atom. The Hall–Kier alpha value is -4.00. The summed E-state index contributed by atoms with van der Waals surface area (Å²) in [7, 11) is 1.63. The summed E-state index contributed by atoms with van der Waals surface area (Å²) in [5.74, 6) is -0.853. The molecule has 1 aliphatic carbocycles. The standard InChI is InChI=1S/C26H23FN4O2/c1-31-22-13-7-5-11-20(22)23(19-10-4-6-12-21(19)27)29-24(25(31)32)30-26(33)28-18-14-16-8-2-3-9-17(16)15-18/h2-13,18,24H,14-15H2,1H3,(H2,28,30,33). The van der Waals surface area contributed by atoms with Crippen LogP contribution in [0.1, 0.15) is 22.3 Å². The van der Waals surface area contributed by atoms with Gasteiger partial charge in [0.2, 0.25) is 6.17 Å². The summed E-state index contributed by atoms with van der Waals surface area (Å²) in [5, 5.41) is 5.65. The molecule has 3 amide bonds. The molecule has 0 saturated heterocycles. The van der Waals surface area contributed by atoms with Gasteiger partial charge in [0.25, 0.3) is 5.91 Å². The van der Waals surface area contributed by atoms with Gasteiger partial charge in [-0.15, -0.1) is 0 Å². The van der Waals surface area contributed by atoms with E-state index in [1.165, 1.54) is 22.1 Å². The fraction of sp³-hybridized carbons (Fsp3) is 0.192. The number of carbonyl (C=O) groups excluding carboxylic acids is 2. The van der Waals surface area contributed by atoms with Gasteiger partial charge in [0.05, 0.1) is 11.4 Å². The molecule has 0 radical (unpaired) electrons. The van der Waals surface area contributed by atoms with Crippen LogP contribution in [0.5, 0.6) is 0 Å². The fourth-order valence-corrected chi connectivity index (χ4v) is 4.50. The predicted molar refractivity (Wildman–Crippen MR) is 125 cm³/mol. The van der Waals surface area contributed by atoms with Crippen molar-refractivity contribution in [2.75, 3.05) is 11.9 Å². The number of benzene rings is 3. The first-order valence-electron chi connectivity index (χ1n) is 10.8. The van der Waals surface area contributed by atoms with Crippen molar-refractivity contribution in [3.05, 3.63) is 101 Å². The van der Waals surface area contributed by atoms with Crippen molar-refractivity contribution >= 4 is 23.3 Å². The molecule has 33 heavy (non-hydrogen) atoms. The van der Waals surface area contributed by atoms with Gasteiger partial charge < -0.3 is 15.5 Å². The van der Waals surface area contributed by atoms with Gasteiger partial charge in [0, 0.05) is 24.2 Å². The van der Waals surface area contributed by atoms with Crippen LogP contribution >= 0.6 is 0 Å². The molecular formula is C26H23FN4O2. The number of urea groups is 1. The maximum Gasteiger partial charge on any atom is 0.317 e. The lowest BCUT2D eigenvalue weighted by Crippen LogP contribution is -2.51. The second-order valence-corrected chi connectivity index (χ2v) is 8.27. The lowest BCUT2D eigenvalue weighted by molar-refractivity contribution is -0.119. The predicted octanol–water partition coefficient (Wildman–Crippen LogP) is 3.43. The van der Waals surface area contributed by atoms with Gasteiger partial charge in [-0.2, -0.15) is 0 Å². The number of aliphatic imine (C=N–C) groups is 1. The monoisotopic (exact) mass is 442 g/mol. The van der Waals surface area contributed by atoms with Crippen LogP contribution in [0.4, 0.5) is 14.9 Å².